The molecule has 0 fully saturated rings. The van der Waals surface area contributed by atoms with Crippen molar-refractivity contribution in [1.29, 1.82) is 0 Å². The number of hydrogen-bond donors (Lipinski definition) is 1. The SMILES string of the molecule is CCn1cc(CNC(=O)c2ccn(Cn3cnc([N+](=O)[O-])n3)n2)cn1. The lowest BCUT2D eigenvalue weighted by Gasteiger charge is -2.01. The molecule has 0 radical (unpaired) electrons. The number of hydrogen-bond acceptors (Lipinski definition) is 7. The number of aryl methyl sites for hydroxylation is 1. The highest BCUT2D eigenvalue weighted by molar-refractivity contribution is 5.92. The zero-order chi connectivity index (χ0) is 17.8. The van der Waals surface area contributed by atoms with E-state index in [0.29, 0.717) is 6.54 Å². The molecule has 1 N–H and O–H groups in total. The molecule has 0 spiro atoms. The molecule has 0 aliphatic rings. The number of nitrogens with one attached hydrogen (secondary N) is 1. The summed E-state index contributed by atoms with van der Waals surface area (Å²) in [5, 5.41) is 25.2. The van der Waals surface area contributed by atoms with Crippen LogP contribution in [0.4, 0.5) is 5.95 Å². The van der Waals surface area contributed by atoms with Gasteiger partial charge in [0.25, 0.3) is 5.91 Å². The van der Waals surface area contributed by atoms with Gasteiger partial charge in [-0.3, -0.25) is 9.48 Å². The maximum atomic E-state index is 12.1. The van der Waals surface area contributed by atoms with Crippen LogP contribution in [0.25, 0.3) is 0 Å². The molecule has 1 amide bonds. The van der Waals surface area contributed by atoms with E-state index in [1.165, 1.54) is 15.7 Å². The van der Waals surface area contributed by atoms with Gasteiger partial charge in [0.2, 0.25) is 6.33 Å². The summed E-state index contributed by atoms with van der Waals surface area (Å²) in [6.07, 6.45) is 6.36. The molecular weight excluding hydrogens is 330 g/mol. The lowest BCUT2D eigenvalue weighted by Crippen LogP contribution is -2.23. The second-order valence-corrected chi connectivity index (χ2v) is 5.11. The fourth-order valence-electron chi connectivity index (χ4n) is 2.09. The first-order valence-electron chi connectivity index (χ1n) is 7.42. The topological polar surface area (TPSA) is 139 Å². The normalized spacial score (nSPS) is 10.8. The Morgan fingerprint density at radius 1 is 1.32 bits per heavy atom. The summed E-state index contributed by atoms with van der Waals surface area (Å²) >= 11 is 0. The van der Waals surface area contributed by atoms with E-state index in [2.05, 4.69) is 25.6 Å². The molecule has 0 atom stereocenters. The van der Waals surface area contributed by atoms with Crippen molar-refractivity contribution >= 4 is 11.9 Å². The Balaban J connectivity index is 1.58. The number of nitrogens with zero attached hydrogens (tertiary/aromatic N) is 8. The number of rotatable bonds is 7. The van der Waals surface area contributed by atoms with Crippen molar-refractivity contribution in [2.45, 2.75) is 26.7 Å². The van der Waals surface area contributed by atoms with Crippen molar-refractivity contribution in [1.82, 2.24) is 39.6 Å². The van der Waals surface area contributed by atoms with Gasteiger partial charge in [0.05, 0.1) is 6.20 Å². The highest BCUT2D eigenvalue weighted by atomic mass is 16.6. The number of carbonyl (C=O) groups excluding carboxylic acids is 1. The van der Waals surface area contributed by atoms with E-state index in [4.69, 9.17) is 0 Å². The van der Waals surface area contributed by atoms with Crippen LogP contribution in [0, 0.1) is 10.1 Å². The van der Waals surface area contributed by atoms with Gasteiger partial charge in [0, 0.05) is 36.1 Å². The highest BCUT2D eigenvalue weighted by Gasteiger charge is 2.14. The average Bonchev–Trinajstić information content (AvgIpc) is 3.33. The molecule has 0 aliphatic heterocycles. The van der Waals surface area contributed by atoms with E-state index >= 15 is 0 Å². The molecule has 12 heteroatoms. The molecule has 0 aliphatic carbocycles. The summed E-state index contributed by atoms with van der Waals surface area (Å²) in [7, 11) is 0. The molecule has 0 saturated carbocycles. The summed E-state index contributed by atoms with van der Waals surface area (Å²) in [5.41, 5.74) is 1.13. The van der Waals surface area contributed by atoms with Gasteiger partial charge in [-0.05, 0) is 17.9 Å². The van der Waals surface area contributed by atoms with E-state index in [0.717, 1.165) is 12.1 Å². The van der Waals surface area contributed by atoms with E-state index in [1.54, 1.807) is 23.1 Å². The first kappa shape index (κ1) is 16.3. The summed E-state index contributed by atoms with van der Waals surface area (Å²) in [6.45, 7) is 3.20. The van der Waals surface area contributed by atoms with Gasteiger partial charge < -0.3 is 15.4 Å². The predicted octanol–water partition coefficient (Wildman–Crippen LogP) is 0.0350. The molecule has 0 unspecified atom stereocenters. The molecule has 3 aromatic heterocycles. The molecule has 25 heavy (non-hydrogen) atoms. The summed E-state index contributed by atoms with van der Waals surface area (Å²) in [6, 6.07) is 1.55. The van der Waals surface area contributed by atoms with Gasteiger partial charge in [0.1, 0.15) is 5.69 Å². The first-order valence-corrected chi connectivity index (χ1v) is 7.42. The van der Waals surface area contributed by atoms with Crippen LogP contribution in [-0.2, 0) is 19.8 Å². The third-order valence-corrected chi connectivity index (χ3v) is 3.31. The minimum Gasteiger partial charge on any atom is -0.390 e. The zero-order valence-corrected chi connectivity index (χ0v) is 13.3. The maximum Gasteiger partial charge on any atom is 0.491 e. The minimum atomic E-state index is -0.681. The van der Waals surface area contributed by atoms with Crippen LogP contribution in [0.3, 0.4) is 0 Å². The lowest BCUT2D eigenvalue weighted by atomic mass is 10.3. The molecule has 0 saturated heterocycles. The Kier molecular flexibility index (Phi) is 4.50. The first-order chi connectivity index (χ1) is 12.0. The lowest BCUT2D eigenvalue weighted by molar-refractivity contribution is -0.394. The fourth-order valence-corrected chi connectivity index (χ4v) is 2.09. The van der Waals surface area contributed by atoms with Crippen molar-refractivity contribution < 1.29 is 9.72 Å². The highest BCUT2D eigenvalue weighted by Crippen LogP contribution is 2.02. The standard InChI is InChI=1S/C13H15N9O3/c1-2-19-7-10(6-16-19)5-14-12(23)11-3-4-20(17-11)9-21-8-15-13(18-21)22(24)25/h3-4,6-8H,2,5,9H2,1H3,(H,14,23). The van der Waals surface area contributed by atoms with Crippen molar-refractivity contribution in [3.05, 3.63) is 52.4 Å². The van der Waals surface area contributed by atoms with Crippen LogP contribution < -0.4 is 5.32 Å². The Labute approximate surface area is 141 Å². The monoisotopic (exact) mass is 345 g/mol. The van der Waals surface area contributed by atoms with Crippen LogP contribution in [0.2, 0.25) is 0 Å². The quantitative estimate of drug-likeness (QED) is 0.471. The van der Waals surface area contributed by atoms with Crippen LogP contribution in [0.15, 0.2) is 31.0 Å². The van der Waals surface area contributed by atoms with Crippen molar-refractivity contribution in [2.75, 3.05) is 0 Å². The second kappa shape index (κ2) is 6.90. The predicted molar refractivity (Wildman–Crippen MR) is 83.4 cm³/mol. The van der Waals surface area contributed by atoms with Crippen molar-refractivity contribution in [2.24, 2.45) is 0 Å². The van der Waals surface area contributed by atoms with Crippen molar-refractivity contribution in [3.8, 4) is 0 Å². The third-order valence-electron chi connectivity index (χ3n) is 3.31. The number of nitro groups is 1. The average molecular weight is 345 g/mol. The van der Waals surface area contributed by atoms with Crippen LogP contribution >= 0.6 is 0 Å². The molecule has 0 aromatic carbocycles. The minimum absolute atomic E-state index is 0.109. The smallest absolute Gasteiger partial charge is 0.390 e. The Hall–Kier alpha value is -3.57. The molecular formula is C13H15N9O3. The third kappa shape index (κ3) is 3.85. The van der Waals surface area contributed by atoms with Gasteiger partial charge in [-0.2, -0.15) is 14.9 Å². The van der Waals surface area contributed by atoms with Gasteiger partial charge >= 0.3 is 5.95 Å². The van der Waals surface area contributed by atoms with Gasteiger partial charge in [-0.15, -0.1) is 0 Å². The summed E-state index contributed by atoms with van der Waals surface area (Å²) < 4.78 is 4.46. The number of amides is 1. The maximum absolute atomic E-state index is 12.1. The number of carbonyl (C=O) groups is 1. The van der Waals surface area contributed by atoms with Crippen LogP contribution in [0.5, 0.6) is 0 Å². The molecule has 0 bridgehead atoms. The van der Waals surface area contributed by atoms with Gasteiger partial charge in [0.15, 0.2) is 6.67 Å². The largest absolute Gasteiger partial charge is 0.491 e. The Morgan fingerprint density at radius 2 is 2.16 bits per heavy atom. The molecule has 130 valence electrons. The fraction of sp³-hybridized carbons (Fsp3) is 0.308. The van der Waals surface area contributed by atoms with E-state index < -0.39 is 10.9 Å². The number of aromatic nitrogens is 7. The van der Waals surface area contributed by atoms with Gasteiger partial charge in [-0.1, -0.05) is 4.98 Å². The van der Waals surface area contributed by atoms with Crippen LogP contribution in [-0.4, -0.2) is 45.2 Å². The van der Waals surface area contributed by atoms with E-state index in [-0.39, 0.29) is 18.3 Å². The molecule has 3 aromatic rings. The van der Waals surface area contributed by atoms with Gasteiger partial charge in [-0.25, -0.2) is 4.68 Å². The van der Waals surface area contributed by atoms with E-state index in [1.807, 2.05) is 13.1 Å². The molecule has 12 nitrogen and oxygen atoms in total. The summed E-state index contributed by atoms with van der Waals surface area (Å²) in [4.78, 5) is 25.5. The Bertz CT molecular complexity index is 894. The second-order valence-electron chi connectivity index (χ2n) is 5.11. The zero-order valence-electron chi connectivity index (χ0n) is 13.3. The Morgan fingerprint density at radius 3 is 2.84 bits per heavy atom. The molecule has 3 heterocycles. The molecule has 3 rings (SSSR count). The summed E-state index contributed by atoms with van der Waals surface area (Å²) in [5.74, 6) is -0.815. The van der Waals surface area contributed by atoms with Crippen LogP contribution in [0.1, 0.15) is 23.0 Å². The van der Waals surface area contributed by atoms with E-state index in [9.17, 15) is 14.9 Å². The van der Waals surface area contributed by atoms with Crippen molar-refractivity contribution in [3.63, 3.8) is 0 Å².